The van der Waals surface area contributed by atoms with E-state index in [1.54, 1.807) is 10.9 Å². The molecule has 1 amide bonds. The van der Waals surface area contributed by atoms with Crippen LogP contribution in [0.5, 0.6) is 0 Å². The van der Waals surface area contributed by atoms with Crippen molar-refractivity contribution in [1.29, 1.82) is 0 Å². The van der Waals surface area contributed by atoms with Crippen LogP contribution in [0.3, 0.4) is 0 Å². The molecule has 1 saturated carbocycles. The van der Waals surface area contributed by atoms with Crippen LogP contribution >= 0.6 is 11.3 Å². The van der Waals surface area contributed by atoms with E-state index < -0.39 is 0 Å². The van der Waals surface area contributed by atoms with Gasteiger partial charge in [0.25, 0.3) is 5.91 Å². The number of carbonyl (C=O) groups is 1. The molecule has 0 spiro atoms. The minimum atomic E-state index is -0.0431. The fourth-order valence-corrected chi connectivity index (χ4v) is 4.17. The van der Waals surface area contributed by atoms with Gasteiger partial charge in [-0.05, 0) is 31.6 Å². The number of thiazole rings is 1. The number of rotatable bonds is 6. The van der Waals surface area contributed by atoms with Gasteiger partial charge in [0.2, 0.25) is 0 Å². The first-order chi connectivity index (χ1) is 11.7. The van der Waals surface area contributed by atoms with Gasteiger partial charge in [0, 0.05) is 30.2 Å². The molecule has 3 rings (SSSR count). The number of carbonyl (C=O) groups excluding carboxylic acids is 1. The first kappa shape index (κ1) is 17.1. The number of unbranched alkanes of at least 4 members (excludes halogenated alkanes) is 1. The minimum absolute atomic E-state index is 0.0431. The molecule has 1 N–H and O–H groups in total. The summed E-state index contributed by atoms with van der Waals surface area (Å²) in [6, 6.07) is 0.305. The van der Waals surface area contributed by atoms with Crippen molar-refractivity contribution < 1.29 is 4.79 Å². The van der Waals surface area contributed by atoms with Gasteiger partial charge >= 0.3 is 0 Å². The number of hydrogen-bond donors (Lipinski definition) is 1. The van der Waals surface area contributed by atoms with Crippen molar-refractivity contribution >= 4 is 17.2 Å². The number of hydrogen-bond acceptors (Lipinski definition) is 4. The third-order valence-electron chi connectivity index (χ3n) is 4.84. The van der Waals surface area contributed by atoms with E-state index in [1.807, 2.05) is 18.6 Å². The van der Waals surface area contributed by atoms with Gasteiger partial charge in [-0.15, -0.1) is 11.3 Å². The summed E-state index contributed by atoms with van der Waals surface area (Å²) in [5.74, 6) is 0.813. The van der Waals surface area contributed by atoms with Gasteiger partial charge in [-0.25, -0.2) is 4.98 Å². The lowest BCUT2D eigenvalue weighted by Gasteiger charge is -2.28. The summed E-state index contributed by atoms with van der Waals surface area (Å²) >= 11 is 1.49. The van der Waals surface area contributed by atoms with E-state index in [4.69, 9.17) is 0 Å². The van der Waals surface area contributed by atoms with Gasteiger partial charge < -0.3 is 5.32 Å². The molecule has 2 aromatic heterocycles. The second-order valence-corrected chi connectivity index (χ2v) is 7.63. The quantitative estimate of drug-likeness (QED) is 0.859. The van der Waals surface area contributed by atoms with E-state index in [-0.39, 0.29) is 5.91 Å². The highest BCUT2D eigenvalue weighted by Gasteiger charge is 2.23. The zero-order chi connectivity index (χ0) is 16.9. The zero-order valence-corrected chi connectivity index (χ0v) is 15.3. The molecular formula is C18H26N4OS. The summed E-state index contributed by atoms with van der Waals surface area (Å²) < 4.78 is 1.74. The van der Waals surface area contributed by atoms with Crippen LogP contribution in [0.2, 0.25) is 0 Å². The molecule has 2 heterocycles. The van der Waals surface area contributed by atoms with Crippen LogP contribution in [0.15, 0.2) is 17.8 Å². The predicted octanol–water partition coefficient (Wildman–Crippen LogP) is 4.02. The maximum Gasteiger partial charge on any atom is 0.270 e. The van der Waals surface area contributed by atoms with E-state index in [2.05, 4.69) is 22.3 Å². The Labute approximate surface area is 147 Å². The SMILES string of the molecule is CCCCC1CCC(NC(=O)c2csc(-c3cnn(C)c3)n2)CC1. The molecule has 1 aliphatic rings. The highest BCUT2D eigenvalue weighted by molar-refractivity contribution is 7.13. The second kappa shape index (κ2) is 7.92. The van der Waals surface area contributed by atoms with Crippen LogP contribution in [0, 0.1) is 5.92 Å². The van der Waals surface area contributed by atoms with Gasteiger partial charge in [-0.2, -0.15) is 5.10 Å². The van der Waals surface area contributed by atoms with Crippen molar-refractivity contribution in [2.75, 3.05) is 0 Å². The van der Waals surface area contributed by atoms with Gasteiger partial charge in [0.05, 0.1) is 6.20 Å². The summed E-state index contributed by atoms with van der Waals surface area (Å²) in [7, 11) is 1.88. The Bertz CT molecular complexity index is 670. The standard InChI is InChI=1S/C18H26N4OS/c1-3-4-5-13-6-8-15(9-7-13)20-17(23)16-12-24-18(21-16)14-10-19-22(2)11-14/h10-13,15H,3-9H2,1-2H3,(H,20,23). The Balaban J connectivity index is 1.52. The van der Waals surface area contributed by atoms with Crippen LogP contribution < -0.4 is 5.32 Å². The minimum Gasteiger partial charge on any atom is -0.348 e. The molecule has 0 aromatic carbocycles. The van der Waals surface area contributed by atoms with E-state index in [1.165, 1.54) is 43.4 Å². The molecule has 6 heteroatoms. The van der Waals surface area contributed by atoms with Crippen molar-refractivity contribution in [3.8, 4) is 10.6 Å². The Morgan fingerprint density at radius 2 is 2.17 bits per heavy atom. The van der Waals surface area contributed by atoms with Crippen LogP contribution in [-0.4, -0.2) is 26.7 Å². The Kier molecular flexibility index (Phi) is 5.66. The normalized spacial score (nSPS) is 20.9. The Morgan fingerprint density at radius 3 is 2.83 bits per heavy atom. The maximum atomic E-state index is 12.4. The average molecular weight is 347 g/mol. The lowest BCUT2D eigenvalue weighted by molar-refractivity contribution is 0.0916. The molecule has 24 heavy (non-hydrogen) atoms. The molecule has 0 radical (unpaired) electrons. The third-order valence-corrected chi connectivity index (χ3v) is 5.73. The highest BCUT2D eigenvalue weighted by atomic mass is 32.1. The highest BCUT2D eigenvalue weighted by Crippen LogP contribution is 2.29. The Hall–Kier alpha value is -1.69. The van der Waals surface area contributed by atoms with E-state index >= 15 is 0 Å². The van der Waals surface area contributed by atoms with Crippen LogP contribution in [0.25, 0.3) is 10.6 Å². The predicted molar refractivity (Wildman–Crippen MR) is 97.1 cm³/mol. The lowest BCUT2D eigenvalue weighted by atomic mass is 9.83. The number of aromatic nitrogens is 3. The topological polar surface area (TPSA) is 59.8 Å². The number of aryl methyl sites for hydroxylation is 1. The van der Waals surface area contributed by atoms with Crippen molar-refractivity contribution in [1.82, 2.24) is 20.1 Å². The number of nitrogens with one attached hydrogen (secondary N) is 1. The average Bonchev–Trinajstić information content (AvgIpc) is 3.23. The monoisotopic (exact) mass is 346 g/mol. The van der Waals surface area contributed by atoms with Crippen molar-refractivity contribution in [2.45, 2.75) is 57.9 Å². The van der Waals surface area contributed by atoms with Crippen molar-refractivity contribution in [3.05, 3.63) is 23.5 Å². The van der Waals surface area contributed by atoms with Gasteiger partial charge in [-0.3, -0.25) is 9.48 Å². The molecule has 0 aliphatic heterocycles. The molecule has 1 fully saturated rings. The summed E-state index contributed by atoms with van der Waals surface area (Å²) in [5, 5.41) is 10.00. The molecule has 5 nitrogen and oxygen atoms in total. The summed E-state index contributed by atoms with van der Waals surface area (Å²) in [4.78, 5) is 16.9. The first-order valence-electron chi connectivity index (χ1n) is 8.91. The van der Waals surface area contributed by atoms with Crippen LogP contribution in [0.4, 0.5) is 0 Å². The van der Waals surface area contributed by atoms with Crippen LogP contribution in [0.1, 0.15) is 62.4 Å². The smallest absolute Gasteiger partial charge is 0.270 e. The van der Waals surface area contributed by atoms with Crippen LogP contribution in [-0.2, 0) is 7.05 Å². The molecule has 1 aliphatic carbocycles. The molecule has 0 unspecified atom stereocenters. The first-order valence-corrected chi connectivity index (χ1v) is 9.79. The fraction of sp³-hybridized carbons (Fsp3) is 0.611. The van der Waals surface area contributed by atoms with E-state index in [9.17, 15) is 4.79 Å². The number of amides is 1. The summed E-state index contributed by atoms with van der Waals surface area (Å²) in [6.45, 7) is 2.25. The molecule has 2 aromatic rings. The van der Waals surface area contributed by atoms with E-state index in [0.717, 1.165) is 29.3 Å². The maximum absolute atomic E-state index is 12.4. The van der Waals surface area contributed by atoms with Gasteiger partial charge in [-0.1, -0.05) is 26.2 Å². The molecular weight excluding hydrogens is 320 g/mol. The fourth-order valence-electron chi connectivity index (χ4n) is 3.39. The van der Waals surface area contributed by atoms with Crippen molar-refractivity contribution in [3.63, 3.8) is 0 Å². The number of nitrogens with zero attached hydrogens (tertiary/aromatic N) is 3. The molecule has 0 saturated heterocycles. The molecule has 0 bridgehead atoms. The molecule has 130 valence electrons. The second-order valence-electron chi connectivity index (χ2n) is 6.77. The van der Waals surface area contributed by atoms with Gasteiger partial charge in [0.1, 0.15) is 10.7 Å². The molecule has 0 atom stereocenters. The largest absolute Gasteiger partial charge is 0.348 e. The van der Waals surface area contributed by atoms with E-state index in [0.29, 0.717) is 11.7 Å². The third kappa shape index (κ3) is 4.23. The lowest BCUT2D eigenvalue weighted by Crippen LogP contribution is -2.37. The summed E-state index contributed by atoms with van der Waals surface area (Å²) in [5.41, 5.74) is 1.48. The van der Waals surface area contributed by atoms with Crippen molar-refractivity contribution in [2.24, 2.45) is 13.0 Å². The Morgan fingerprint density at radius 1 is 1.38 bits per heavy atom. The zero-order valence-electron chi connectivity index (χ0n) is 14.5. The van der Waals surface area contributed by atoms with Gasteiger partial charge in [0.15, 0.2) is 0 Å². The summed E-state index contributed by atoms with van der Waals surface area (Å²) in [6.07, 6.45) is 12.3.